The SMILES string of the molecule is CCS(=O)(=O)CCNC(=NC)NCCc1c[nH]c2cc(C)ccc12. The van der Waals surface area contributed by atoms with Gasteiger partial charge in [0.05, 0.1) is 5.75 Å². The number of fused-ring (bicyclic) bond motifs is 1. The van der Waals surface area contributed by atoms with Crippen LogP contribution in [0, 0.1) is 6.92 Å². The summed E-state index contributed by atoms with van der Waals surface area (Å²) in [5.41, 5.74) is 3.64. The van der Waals surface area contributed by atoms with Gasteiger partial charge in [0.2, 0.25) is 0 Å². The first-order chi connectivity index (χ1) is 11.4. The van der Waals surface area contributed by atoms with Crippen LogP contribution in [0.5, 0.6) is 0 Å². The van der Waals surface area contributed by atoms with Crippen molar-refractivity contribution in [3.63, 3.8) is 0 Å². The first kappa shape index (κ1) is 18.3. The molecule has 132 valence electrons. The van der Waals surface area contributed by atoms with Crippen LogP contribution in [0.3, 0.4) is 0 Å². The lowest BCUT2D eigenvalue weighted by molar-refractivity contribution is 0.595. The maximum absolute atomic E-state index is 11.5. The van der Waals surface area contributed by atoms with Crippen LogP contribution in [0.25, 0.3) is 10.9 Å². The molecule has 0 aliphatic heterocycles. The third kappa shape index (κ3) is 4.99. The molecule has 0 radical (unpaired) electrons. The Labute approximate surface area is 143 Å². The molecule has 0 aliphatic rings. The first-order valence-corrected chi connectivity index (χ1v) is 9.99. The molecule has 0 aliphatic carbocycles. The molecule has 24 heavy (non-hydrogen) atoms. The fourth-order valence-electron chi connectivity index (χ4n) is 2.51. The lowest BCUT2D eigenvalue weighted by Crippen LogP contribution is -2.40. The second-order valence-electron chi connectivity index (χ2n) is 5.78. The van der Waals surface area contributed by atoms with Crippen molar-refractivity contribution in [1.82, 2.24) is 15.6 Å². The number of H-pyrrole nitrogens is 1. The molecule has 2 rings (SSSR count). The zero-order chi connectivity index (χ0) is 17.6. The van der Waals surface area contributed by atoms with Crippen molar-refractivity contribution in [2.45, 2.75) is 20.3 Å². The molecule has 1 aromatic heterocycles. The van der Waals surface area contributed by atoms with Gasteiger partial charge in [0.1, 0.15) is 0 Å². The molecule has 0 saturated heterocycles. The number of benzene rings is 1. The maximum atomic E-state index is 11.5. The monoisotopic (exact) mass is 350 g/mol. The Morgan fingerprint density at radius 3 is 2.71 bits per heavy atom. The second kappa shape index (κ2) is 8.19. The number of aromatic nitrogens is 1. The second-order valence-corrected chi connectivity index (χ2v) is 8.25. The lowest BCUT2D eigenvalue weighted by atomic mass is 10.1. The standard InChI is InChI=1S/C17H26N4O2S/c1-4-24(22,23)10-9-20-17(18-3)19-8-7-14-12-21-16-11-13(2)5-6-15(14)16/h5-6,11-12,21H,4,7-10H2,1-3H3,(H2,18,19,20). The minimum Gasteiger partial charge on any atom is -0.361 e. The number of aliphatic imine (C=N–C) groups is 1. The van der Waals surface area contributed by atoms with Crippen molar-refractivity contribution in [3.05, 3.63) is 35.5 Å². The summed E-state index contributed by atoms with van der Waals surface area (Å²) < 4.78 is 23.0. The predicted molar refractivity (Wildman–Crippen MR) is 100 cm³/mol. The largest absolute Gasteiger partial charge is 0.361 e. The van der Waals surface area contributed by atoms with E-state index in [9.17, 15) is 8.42 Å². The van der Waals surface area contributed by atoms with Gasteiger partial charge in [0.15, 0.2) is 15.8 Å². The highest BCUT2D eigenvalue weighted by Crippen LogP contribution is 2.19. The van der Waals surface area contributed by atoms with E-state index in [1.807, 2.05) is 6.20 Å². The molecular weight excluding hydrogens is 324 g/mol. The summed E-state index contributed by atoms with van der Waals surface area (Å²) in [5, 5.41) is 7.49. The Morgan fingerprint density at radius 1 is 1.25 bits per heavy atom. The molecule has 0 bridgehead atoms. The molecule has 0 fully saturated rings. The van der Waals surface area contributed by atoms with E-state index in [4.69, 9.17) is 0 Å². The summed E-state index contributed by atoms with van der Waals surface area (Å²) in [5.74, 6) is 0.907. The normalized spacial score (nSPS) is 12.5. The molecule has 1 heterocycles. The average Bonchev–Trinajstić information content (AvgIpc) is 2.95. The van der Waals surface area contributed by atoms with Crippen molar-refractivity contribution in [2.75, 3.05) is 31.6 Å². The fraction of sp³-hybridized carbons (Fsp3) is 0.471. The van der Waals surface area contributed by atoms with Crippen LogP contribution in [-0.4, -0.2) is 51.0 Å². The highest BCUT2D eigenvalue weighted by atomic mass is 32.2. The molecule has 0 amide bonds. The summed E-state index contributed by atoms with van der Waals surface area (Å²) in [7, 11) is -1.28. The zero-order valence-corrected chi connectivity index (χ0v) is 15.3. The number of aryl methyl sites for hydroxylation is 1. The predicted octanol–water partition coefficient (Wildman–Crippen LogP) is 1.62. The van der Waals surface area contributed by atoms with Crippen molar-refractivity contribution >= 4 is 26.7 Å². The number of nitrogens with one attached hydrogen (secondary N) is 3. The van der Waals surface area contributed by atoms with Gasteiger partial charge in [0, 0.05) is 43.0 Å². The van der Waals surface area contributed by atoms with Crippen LogP contribution >= 0.6 is 0 Å². The minimum absolute atomic E-state index is 0.117. The van der Waals surface area contributed by atoms with E-state index < -0.39 is 9.84 Å². The Bertz CT molecular complexity index is 809. The summed E-state index contributed by atoms with van der Waals surface area (Å²) in [6, 6.07) is 6.39. The number of aromatic amines is 1. The third-order valence-corrected chi connectivity index (χ3v) is 5.68. The molecular formula is C17H26N4O2S. The van der Waals surface area contributed by atoms with Crippen LogP contribution in [-0.2, 0) is 16.3 Å². The van der Waals surface area contributed by atoms with Crippen molar-refractivity contribution in [2.24, 2.45) is 4.99 Å². The molecule has 2 aromatic rings. The van der Waals surface area contributed by atoms with Crippen LogP contribution in [0.1, 0.15) is 18.1 Å². The highest BCUT2D eigenvalue weighted by Gasteiger charge is 2.08. The molecule has 0 saturated carbocycles. The molecule has 0 spiro atoms. The van der Waals surface area contributed by atoms with E-state index in [0.29, 0.717) is 12.5 Å². The van der Waals surface area contributed by atoms with Gasteiger partial charge < -0.3 is 15.6 Å². The van der Waals surface area contributed by atoms with Crippen LogP contribution in [0.4, 0.5) is 0 Å². The van der Waals surface area contributed by atoms with Gasteiger partial charge in [-0.3, -0.25) is 4.99 Å². The van der Waals surface area contributed by atoms with Gasteiger partial charge in [-0.25, -0.2) is 8.42 Å². The van der Waals surface area contributed by atoms with Gasteiger partial charge in [-0.2, -0.15) is 0 Å². The van der Waals surface area contributed by atoms with Crippen LogP contribution < -0.4 is 10.6 Å². The fourth-order valence-corrected chi connectivity index (χ4v) is 3.21. The maximum Gasteiger partial charge on any atom is 0.191 e. The summed E-state index contributed by atoms with van der Waals surface area (Å²) in [6.07, 6.45) is 2.90. The van der Waals surface area contributed by atoms with Crippen LogP contribution in [0.2, 0.25) is 0 Å². The zero-order valence-electron chi connectivity index (χ0n) is 14.5. The van der Waals surface area contributed by atoms with E-state index in [1.165, 1.54) is 16.5 Å². The van der Waals surface area contributed by atoms with E-state index in [-0.39, 0.29) is 11.5 Å². The Kier molecular flexibility index (Phi) is 6.25. The van der Waals surface area contributed by atoms with E-state index in [2.05, 4.69) is 45.7 Å². The molecule has 0 unspecified atom stereocenters. The van der Waals surface area contributed by atoms with Gasteiger partial charge in [0.25, 0.3) is 0 Å². The van der Waals surface area contributed by atoms with Crippen LogP contribution in [0.15, 0.2) is 29.4 Å². The number of rotatable bonds is 7. The minimum atomic E-state index is -2.96. The molecule has 3 N–H and O–H groups in total. The average molecular weight is 350 g/mol. The smallest absolute Gasteiger partial charge is 0.191 e. The number of hydrogen-bond donors (Lipinski definition) is 3. The van der Waals surface area contributed by atoms with Crippen molar-refractivity contribution in [1.29, 1.82) is 0 Å². The number of nitrogens with zero attached hydrogens (tertiary/aromatic N) is 1. The third-order valence-electron chi connectivity index (χ3n) is 3.98. The van der Waals surface area contributed by atoms with E-state index in [0.717, 1.165) is 18.5 Å². The summed E-state index contributed by atoms with van der Waals surface area (Å²) in [4.78, 5) is 7.42. The Hall–Kier alpha value is -2.02. The van der Waals surface area contributed by atoms with Gasteiger partial charge in [-0.15, -0.1) is 0 Å². The van der Waals surface area contributed by atoms with E-state index >= 15 is 0 Å². The van der Waals surface area contributed by atoms with Gasteiger partial charge >= 0.3 is 0 Å². The molecule has 6 nitrogen and oxygen atoms in total. The quantitative estimate of drug-likeness (QED) is 0.523. The summed E-state index contributed by atoms with van der Waals surface area (Å²) in [6.45, 7) is 4.82. The Morgan fingerprint density at radius 2 is 2.00 bits per heavy atom. The lowest BCUT2D eigenvalue weighted by Gasteiger charge is -2.11. The van der Waals surface area contributed by atoms with Gasteiger partial charge in [-0.05, 0) is 30.5 Å². The molecule has 7 heteroatoms. The topological polar surface area (TPSA) is 86.3 Å². The number of sulfone groups is 1. The molecule has 1 aromatic carbocycles. The van der Waals surface area contributed by atoms with Crippen molar-refractivity contribution in [3.8, 4) is 0 Å². The highest BCUT2D eigenvalue weighted by molar-refractivity contribution is 7.91. The number of guanidine groups is 1. The van der Waals surface area contributed by atoms with Crippen molar-refractivity contribution < 1.29 is 8.42 Å². The van der Waals surface area contributed by atoms with Gasteiger partial charge in [-0.1, -0.05) is 19.1 Å². The first-order valence-electron chi connectivity index (χ1n) is 8.16. The number of hydrogen-bond acceptors (Lipinski definition) is 3. The Balaban J connectivity index is 1.83. The summed E-state index contributed by atoms with van der Waals surface area (Å²) >= 11 is 0. The van der Waals surface area contributed by atoms with E-state index in [1.54, 1.807) is 14.0 Å². The molecule has 0 atom stereocenters.